The zero-order chi connectivity index (χ0) is 17.3. The minimum atomic E-state index is -0.252. The molecule has 1 fully saturated rings. The quantitative estimate of drug-likeness (QED) is 0.634. The van der Waals surface area contributed by atoms with Crippen molar-refractivity contribution in [1.82, 2.24) is 20.4 Å². The molecule has 0 aliphatic carbocycles. The van der Waals surface area contributed by atoms with Crippen molar-refractivity contribution in [3.63, 3.8) is 0 Å². The Morgan fingerprint density at radius 1 is 1.36 bits per heavy atom. The second kappa shape index (κ2) is 9.24. The lowest BCUT2D eigenvalue weighted by atomic mass is 10.1. The van der Waals surface area contributed by atoms with Crippen LogP contribution < -0.4 is 10.6 Å². The summed E-state index contributed by atoms with van der Waals surface area (Å²) >= 11 is 0. The molecular weight excluding hydrogens is 288 g/mol. The lowest BCUT2D eigenvalue weighted by Crippen LogP contribution is -2.46. The smallest absolute Gasteiger partial charge is 0.317 e. The third-order valence-corrected chi connectivity index (χ3v) is 3.31. The Morgan fingerprint density at radius 2 is 1.91 bits per heavy atom. The molecule has 1 unspecified atom stereocenters. The molecule has 3 amide bonds. The molecule has 3 N–H and O–H groups in total. The van der Waals surface area contributed by atoms with Gasteiger partial charge in [-0.25, -0.2) is 4.79 Å². The van der Waals surface area contributed by atoms with Gasteiger partial charge in [-0.2, -0.15) is 0 Å². The van der Waals surface area contributed by atoms with Crippen LogP contribution in [0.25, 0.3) is 0 Å². The highest BCUT2D eigenvalue weighted by molar-refractivity contribution is 5.83. The summed E-state index contributed by atoms with van der Waals surface area (Å²) in [5, 5.41) is 12.4. The molecule has 8 nitrogen and oxygen atoms in total. The molecule has 1 atom stereocenters. The number of hydrogen-bond acceptors (Lipinski definition) is 4. The molecule has 128 valence electrons. The summed E-state index contributed by atoms with van der Waals surface area (Å²) < 4.78 is 0. The number of carboxylic acid groups (broad SMARTS) is 1. The van der Waals surface area contributed by atoms with Crippen LogP contribution in [0.5, 0.6) is 0 Å². The van der Waals surface area contributed by atoms with Crippen molar-refractivity contribution in [1.29, 1.82) is 0 Å². The molecule has 1 aliphatic rings. The summed E-state index contributed by atoms with van der Waals surface area (Å²) in [6.07, 6.45) is 0.963. The summed E-state index contributed by atoms with van der Waals surface area (Å²) in [6.45, 7) is 8.18. The maximum absolute atomic E-state index is 11.7. The third kappa shape index (κ3) is 7.82. The molecule has 0 spiro atoms. The number of urea groups is 1. The number of nitrogens with one attached hydrogen (secondary N) is 2. The number of amides is 3. The highest BCUT2D eigenvalue weighted by atomic mass is 16.3. The van der Waals surface area contributed by atoms with E-state index >= 15 is 0 Å². The van der Waals surface area contributed by atoms with Crippen molar-refractivity contribution >= 4 is 18.4 Å². The lowest BCUT2D eigenvalue weighted by molar-refractivity contribution is -0.123. The zero-order valence-electron chi connectivity index (χ0n) is 14.0. The Morgan fingerprint density at radius 3 is 2.32 bits per heavy atom. The van der Waals surface area contributed by atoms with Crippen molar-refractivity contribution in [3.05, 3.63) is 0 Å². The van der Waals surface area contributed by atoms with Crippen LogP contribution >= 0.6 is 0 Å². The Kier molecular flexibility index (Phi) is 8.47. The van der Waals surface area contributed by atoms with Gasteiger partial charge in [0.2, 0.25) is 5.91 Å². The topological polar surface area (TPSA) is 102 Å². The molecule has 0 radical (unpaired) electrons. The van der Waals surface area contributed by atoms with Crippen LogP contribution in [0.3, 0.4) is 0 Å². The first-order chi connectivity index (χ1) is 10.1. The average molecular weight is 316 g/mol. The molecule has 22 heavy (non-hydrogen) atoms. The van der Waals surface area contributed by atoms with Gasteiger partial charge in [-0.3, -0.25) is 14.5 Å². The molecular formula is C14H28N4O4. The maximum Gasteiger partial charge on any atom is 0.317 e. The van der Waals surface area contributed by atoms with Gasteiger partial charge in [-0.1, -0.05) is 0 Å². The van der Waals surface area contributed by atoms with Gasteiger partial charge < -0.3 is 20.6 Å². The van der Waals surface area contributed by atoms with Gasteiger partial charge in [-0.05, 0) is 27.2 Å². The maximum atomic E-state index is 11.7. The average Bonchev–Trinajstić information content (AvgIpc) is 2.85. The van der Waals surface area contributed by atoms with Crippen molar-refractivity contribution in [2.24, 2.45) is 0 Å². The van der Waals surface area contributed by atoms with E-state index in [2.05, 4.69) is 36.3 Å². The lowest BCUT2D eigenvalue weighted by Gasteiger charge is -2.31. The number of nitrogens with zero attached hydrogens (tertiary/aromatic N) is 2. The first kappa shape index (κ1) is 20.2. The molecule has 0 aromatic heterocycles. The van der Waals surface area contributed by atoms with E-state index in [1.165, 1.54) is 4.90 Å². The predicted octanol–water partition coefficient (Wildman–Crippen LogP) is -0.0526. The van der Waals surface area contributed by atoms with E-state index in [0.717, 1.165) is 19.5 Å². The molecule has 8 heteroatoms. The van der Waals surface area contributed by atoms with Gasteiger partial charge in [0.25, 0.3) is 6.47 Å². The van der Waals surface area contributed by atoms with E-state index in [4.69, 9.17) is 9.90 Å². The van der Waals surface area contributed by atoms with Crippen LogP contribution in [-0.4, -0.2) is 78.6 Å². The van der Waals surface area contributed by atoms with Crippen molar-refractivity contribution in [2.45, 2.75) is 38.8 Å². The number of rotatable bonds is 3. The summed E-state index contributed by atoms with van der Waals surface area (Å²) in [7, 11) is 3.29. The Hall–Kier alpha value is -1.83. The molecule has 0 aromatic carbocycles. The molecule has 1 heterocycles. The van der Waals surface area contributed by atoms with Gasteiger partial charge in [0.1, 0.15) is 0 Å². The minimum Gasteiger partial charge on any atom is -0.483 e. The summed E-state index contributed by atoms with van der Waals surface area (Å²) in [4.78, 5) is 35.1. The predicted molar refractivity (Wildman–Crippen MR) is 83.7 cm³/mol. The largest absolute Gasteiger partial charge is 0.483 e. The molecule has 0 bridgehead atoms. The first-order valence-electron chi connectivity index (χ1n) is 7.19. The van der Waals surface area contributed by atoms with Gasteiger partial charge in [0.05, 0.1) is 6.54 Å². The number of hydrogen-bond donors (Lipinski definition) is 3. The molecule has 1 rings (SSSR count). The molecule has 0 aromatic rings. The van der Waals surface area contributed by atoms with Crippen molar-refractivity contribution < 1.29 is 19.5 Å². The van der Waals surface area contributed by atoms with Crippen LogP contribution in [0.1, 0.15) is 27.2 Å². The summed E-state index contributed by atoms with van der Waals surface area (Å²) in [5.41, 5.74) is 0.138. The fraction of sp³-hybridized carbons (Fsp3) is 0.786. The monoisotopic (exact) mass is 316 g/mol. The van der Waals surface area contributed by atoms with Crippen molar-refractivity contribution in [3.8, 4) is 0 Å². The van der Waals surface area contributed by atoms with Gasteiger partial charge in [0, 0.05) is 38.8 Å². The SMILES string of the molecule is CN(C)C(=O)NCC(=O)NC1CCN(C(C)(C)C)C1.O=CO. The van der Waals surface area contributed by atoms with E-state index in [1.54, 1.807) is 14.1 Å². The number of likely N-dealkylation sites (tertiary alicyclic amines) is 1. The van der Waals surface area contributed by atoms with Crippen LogP contribution in [0.4, 0.5) is 4.79 Å². The standard InChI is InChI=1S/C13H26N4O2.CH2O2/c1-13(2,3)17-7-6-10(9-17)15-11(18)8-14-12(19)16(4)5;2-1-3/h10H,6-9H2,1-5H3,(H,14,19)(H,15,18);1H,(H,2,3). The number of carbonyl (C=O) groups is 3. The Balaban J connectivity index is 0.00000135. The Bertz CT molecular complexity index is 380. The first-order valence-corrected chi connectivity index (χ1v) is 7.19. The minimum absolute atomic E-state index is 0.0308. The van der Waals surface area contributed by atoms with E-state index < -0.39 is 0 Å². The van der Waals surface area contributed by atoms with Gasteiger partial charge in [-0.15, -0.1) is 0 Å². The zero-order valence-corrected chi connectivity index (χ0v) is 14.0. The molecule has 1 saturated heterocycles. The molecule has 1 aliphatic heterocycles. The highest BCUT2D eigenvalue weighted by Crippen LogP contribution is 2.20. The Labute approximate surface area is 131 Å². The van der Waals surface area contributed by atoms with Crippen molar-refractivity contribution in [2.75, 3.05) is 33.7 Å². The van der Waals surface area contributed by atoms with E-state index in [-0.39, 0.29) is 36.5 Å². The van der Waals surface area contributed by atoms with Gasteiger partial charge in [0.15, 0.2) is 0 Å². The van der Waals surface area contributed by atoms with Crippen LogP contribution in [-0.2, 0) is 9.59 Å². The molecule has 0 saturated carbocycles. The summed E-state index contributed by atoms with van der Waals surface area (Å²) in [5.74, 6) is -0.129. The van der Waals surface area contributed by atoms with E-state index in [0.29, 0.717) is 0 Å². The summed E-state index contributed by atoms with van der Waals surface area (Å²) in [6, 6.07) is -0.0686. The normalized spacial score (nSPS) is 18.0. The third-order valence-electron chi connectivity index (χ3n) is 3.31. The van der Waals surface area contributed by atoms with Gasteiger partial charge >= 0.3 is 6.03 Å². The van der Waals surface area contributed by atoms with Crippen LogP contribution in [0, 0.1) is 0 Å². The number of carbonyl (C=O) groups excluding carboxylic acids is 2. The fourth-order valence-electron chi connectivity index (χ4n) is 2.08. The van der Waals surface area contributed by atoms with Crippen LogP contribution in [0.15, 0.2) is 0 Å². The highest BCUT2D eigenvalue weighted by Gasteiger charge is 2.30. The second-order valence-corrected chi connectivity index (χ2v) is 6.33. The van der Waals surface area contributed by atoms with E-state index in [1.807, 2.05) is 0 Å². The van der Waals surface area contributed by atoms with Crippen LogP contribution in [0.2, 0.25) is 0 Å². The fourth-order valence-corrected chi connectivity index (χ4v) is 2.08. The second-order valence-electron chi connectivity index (χ2n) is 6.33. The van der Waals surface area contributed by atoms with E-state index in [9.17, 15) is 9.59 Å².